The van der Waals surface area contributed by atoms with Gasteiger partial charge in [-0.1, -0.05) is 47.0 Å². The Morgan fingerprint density at radius 3 is 2.50 bits per heavy atom. The van der Waals surface area contributed by atoms with E-state index in [1.54, 1.807) is 23.0 Å². The summed E-state index contributed by atoms with van der Waals surface area (Å²) in [6.07, 6.45) is 1.70. The van der Waals surface area contributed by atoms with Gasteiger partial charge in [0.25, 0.3) is 5.56 Å². The number of aromatic nitrogens is 4. The molecule has 2 aromatic carbocycles. The molecule has 28 heavy (non-hydrogen) atoms. The van der Waals surface area contributed by atoms with Crippen molar-refractivity contribution in [3.05, 3.63) is 85.4 Å². The normalized spacial score (nSPS) is 11.3. The van der Waals surface area contributed by atoms with E-state index in [-0.39, 0.29) is 5.56 Å². The first-order valence-corrected chi connectivity index (χ1v) is 9.58. The molecule has 0 fully saturated rings. The summed E-state index contributed by atoms with van der Waals surface area (Å²) < 4.78 is 3.14. The van der Waals surface area contributed by atoms with Gasteiger partial charge in [-0.2, -0.15) is 10.2 Å². The Hall–Kier alpha value is -2.63. The van der Waals surface area contributed by atoms with Gasteiger partial charge in [0.15, 0.2) is 0 Å². The van der Waals surface area contributed by atoms with Crippen LogP contribution in [0.15, 0.2) is 47.4 Å². The van der Waals surface area contributed by atoms with Gasteiger partial charge in [0.05, 0.1) is 34.2 Å². The lowest BCUT2D eigenvalue weighted by atomic mass is 10.1. The summed E-state index contributed by atoms with van der Waals surface area (Å²) in [7, 11) is 0. The van der Waals surface area contributed by atoms with Crippen LogP contribution in [0.3, 0.4) is 0 Å². The minimum absolute atomic E-state index is 0.204. The molecule has 4 rings (SSSR count). The molecule has 0 amide bonds. The Balaban J connectivity index is 1.89. The van der Waals surface area contributed by atoms with Gasteiger partial charge in [-0.15, -0.1) is 0 Å². The summed E-state index contributed by atoms with van der Waals surface area (Å²) in [5.41, 5.74) is 4.99. The molecule has 0 bridgehead atoms. The number of hydrogen-bond donors (Lipinski definition) is 0. The van der Waals surface area contributed by atoms with Gasteiger partial charge in [0.2, 0.25) is 0 Å². The summed E-state index contributed by atoms with van der Waals surface area (Å²) in [5, 5.41) is 10.6. The van der Waals surface area contributed by atoms with E-state index in [1.165, 1.54) is 4.68 Å². The molecule has 2 aromatic heterocycles. The van der Waals surface area contributed by atoms with Gasteiger partial charge in [-0.05, 0) is 50.1 Å². The third kappa shape index (κ3) is 3.21. The maximum Gasteiger partial charge on any atom is 0.293 e. The molecule has 0 unspecified atom stereocenters. The number of halogens is 2. The van der Waals surface area contributed by atoms with Crippen LogP contribution in [0.25, 0.3) is 16.6 Å². The van der Waals surface area contributed by atoms with Crippen molar-refractivity contribution in [1.82, 2.24) is 19.6 Å². The fraction of sp³-hybridized carbons (Fsp3) is 0.190. The highest BCUT2D eigenvalue weighted by molar-refractivity contribution is 6.42. The first-order chi connectivity index (χ1) is 13.3. The van der Waals surface area contributed by atoms with Crippen molar-refractivity contribution in [2.75, 3.05) is 0 Å². The number of hydrogen-bond acceptors (Lipinski definition) is 3. The number of nitrogens with zero attached hydrogens (tertiary/aromatic N) is 4. The molecule has 0 saturated heterocycles. The SMILES string of the molecule is Cc1ccc(-n2ncc3c(C)nn(Cc4ccc(Cl)c(Cl)c4)c(=O)c32)c(C)c1. The Labute approximate surface area is 172 Å². The van der Waals surface area contributed by atoms with Crippen LogP contribution >= 0.6 is 23.2 Å². The van der Waals surface area contributed by atoms with Crippen LogP contribution in [-0.2, 0) is 6.54 Å². The van der Waals surface area contributed by atoms with Gasteiger partial charge < -0.3 is 0 Å². The molecule has 7 heteroatoms. The van der Waals surface area contributed by atoms with Crippen molar-refractivity contribution in [2.45, 2.75) is 27.3 Å². The zero-order valence-corrected chi connectivity index (χ0v) is 17.2. The third-order valence-corrected chi connectivity index (χ3v) is 5.50. The fourth-order valence-electron chi connectivity index (χ4n) is 3.37. The van der Waals surface area contributed by atoms with Crippen LogP contribution in [-0.4, -0.2) is 19.6 Å². The smallest absolute Gasteiger partial charge is 0.265 e. The van der Waals surface area contributed by atoms with E-state index in [0.29, 0.717) is 22.1 Å². The van der Waals surface area contributed by atoms with E-state index in [2.05, 4.69) is 16.3 Å². The number of aryl methyl sites for hydroxylation is 3. The molecule has 0 radical (unpaired) electrons. The predicted octanol–water partition coefficient (Wildman–Crippen LogP) is 4.86. The van der Waals surface area contributed by atoms with Crippen LogP contribution in [0.5, 0.6) is 0 Å². The number of fused-ring (bicyclic) bond motifs is 1. The van der Waals surface area contributed by atoms with Crippen LogP contribution < -0.4 is 5.56 Å². The highest BCUT2D eigenvalue weighted by Crippen LogP contribution is 2.24. The fourth-order valence-corrected chi connectivity index (χ4v) is 3.69. The number of rotatable bonds is 3. The highest BCUT2D eigenvalue weighted by atomic mass is 35.5. The molecule has 5 nitrogen and oxygen atoms in total. The van der Waals surface area contributed by atoms with Gasteiger partial charge in [0.1, 0.15) is 5.52 Å². The monoisotopic (exact) mass is 412 g/mol. The van der Waals surface area contributed by atoms with Crippen LogP contribution in [0.2, 0.25) is 10.0 Å². The zero-order valence-electron chi connectivity index (χ0n) is 15.7. The summed E-state index contributed by atoms with van der Waals surface area (Å²) in [6, 6.07) is 11.4. The standard InChI is InChI=1S/C21H18Cl2N4O/c1-12-4-7-19(13(2)8-12)27-20-16(10-24-27)14(3)25-26(21(20)28)11-15-5-6-17(22)18(23)9-15/h4-10H,11H2,1-3H3. The van der Waals surface area contributed by atoms with E-state index in [0.717, 1.165) is 33.5 Å². The van der Waals surface area contributed by atoms with E-state index in [9.17, 15) is 4.79 Å². The quantitative estimate of drug-likeness (QED) is 0.482. The first kappa shape index (κ1) is 18.7. The Morgan fingerprint density at radius 2 is 1.79 bits per heavy atom. The van der Waals surface area contributed by atoms with E-state index < -0.39 is 0 Å². The molecular formula is C21H18Cl2N4O. The Kier molecular flexibility index (Phi) is 4.73. The third-order valence-electron chi connectivity index (χ3n) is 4.76. The summed E-state index contributed by atoms with van der Waals surface area (Å²) in [6.45, 7) is 6.22. The first-order valence-electron chi connectivity index (χ1n) is 8.82. The maximum atomic E-state index is 13.3. The van der Waals surface area contributed by atoms with Crippen molar-refractivity contribution < 1.29 is 0 Å². The summed E-state index contributed by atoms with van der Waals surface area (Å²) >= 11 is 12.1. The second-order valence-corrected chi connectivity index (χ2v) is 7.72. The van der Waals surface area contributed by atoms with Crippen molar-refractivity contribution in [3.8, 4) is 5.69 Å². The lowest BCUT2D eigenvalue weighted by Crippen LogP contribution is -2.26. The summed E-state index contributed by atoms with van der Waals surface area (Å²) in [5.74, 6) is 0. The van der Waals surface area contributed by atoms with Crippen LogP contribution in [0.1, 0.15) is 22.4 Å². The highest BCUT2D eigenvalue weighted by Gasteiger charge is 2.16. The van der Waals surface area contributed by atoms with Gasteiger partial charge in [-0.25, -0.2) is 9.36 Å². The van der Waals surface area contributed by atoms with E-state index in [4.69, 9.17) is 23.2 Å². The second kappa shape index (κ2) is 7.08. The molecular weight excluding hydrogens is 395 g/mol. The molecule has 0 atom stereocenters. The Bertz CT molecular complexity index is 1270. The average molecular weight is 413 g/mol. The van der Waals surface area contributed by atoms with Crippen molar-refractivity contribution in [1.29, 1.82) is 0 Å². The molecule has 0 aliphatic carbocycles. The zero-order chi connectivity index (χ0) is 20.0. The van der Waals surface area contributed by atoms with E-state index >= 15 is 0 Å². The molecule has 0 saturated carbocycles. The molecule has 142 valence electrons. The molecule has 0 aliphatic rings. The number of benzene rings is 2. The lowest BCUT2D eigenvalue weighted by molar-refractivity contribution is 0.634. The van der Waals surface area contributed by atoms with Crippen LogP contribution in [0.4, 0.5) is 0 Å². The van der Waals surface area contributed by atoms with Gasteiger partial charge in [-0.3, -0.25) is 4.79 Å². The van der Waals surface area contributed by atoms with Gasteiger partial charge in [0, 0.05) is 5.39 Å². The van der Waals surface area contributed by atoms with Crippen molar-refractivity contribution in [2.24, 2.45) is 0 Å². The minimum Gasteiger partial charge on any atom is -0.265 e. The lowest BCUT2D eigenvalue weighted by Gasteiger charge is -2.11. The van der Waals surface area contributed by atoms with Crippen LogP contribution in [0, 0.1) is 20.8 Å². The minimum atomic E-state index is -0.204. The largest absolute Gasteiger partial charge is 0.293 e. The Morgan fingerprint density at radius 1 is 1.00 bits per heavy atom. The molecule has 2 heterocycles. The molecule has 0 N–H and O–H groups in total. The van der Waals surface area contributed by atoms with Crippen molar-refractivity contribution in [3.63, 3.8) is 0 Å². The van der Waals surface area contributed by atoms with E-state index in [1.807, 2.05) is 39.0 Å². The summed E-state index contributed by atoms with van der Waals surface area (Å²) in [4.78, 5) is 13.3. The molecule has 4 aromatic rings. The predicted molar refractivity (Wildman–Crippen MR) is 113 cm³/mol. The topological polar surface area (TPSA) is 52.7 Å². The average Bonchev–Trinajstić information content (AvgIpc) is 3.08. The molecule has 0 spiro atoms. The molecule has 0 aliphatic heterocycles. The second-order valence-electron chi connectivity index (χ2n) is 6.91. The maximum absolute atomic E-state index is 13.3. The van der Waals surface area contributed by atoms with Gasteiger partial charge >= 0.3 is 0 Å². The van der Waals surface area contributed by atoms with Crippen molar-refractivity contribution >= 4 is 34.1 Å².